The van der Waals surface area contributed by atoms with E-state index in [2.05, 4.69) is 62.4 Å². The summed E-state index contributed by atoms with van der Waals surface area (Å²) in [6.45, 7) is 6.26. The molecule has 0 unspecified atom stereocenters. The number of hydrogen-bond donors (Lipinski definition) is 0. The minimum Gasteiger partial charge on any atom is -0.381 e. The van der Waals surface area contributed by atoms with Crippen molar-refractivity contribution in [2.75, 3.05) is 13.2 Å². The first kappa shape index (κ1) is 21.7. The number of unbranched alkanes of at least 4 members (excludes halogenated alkanes) is 4. The van der Waals surface area contributed by atoms with E-state index in [1.54, 1.807) is 0 Å². The molecule has 0 saturated carbocycles. The lowest BCUT2D eigenvalue weighted by molar-refractivity contribution is 0.126. The fourth-order valence-electron chi connectivity index (χ4n) is 3.41. The summed E-state index contributed by atoms with van der Waals surface area (Å²) in [6, 6.07) is 18.2. The van der Waals surface area contributed by atoms with Gasteiger partial charge in [0.05, 0.1) is 0 Å². The molecule has 0 N–H and O–H groups in total. The predicted octanol–water partition coefficient (Wildman–Crippen LogP) is 6.95. The zero-order valence-electron chi connectivity index (χ0n) is 17.5. The highest BCUT2D eigenvalue weighted by molar-refractivity contribution is 5.23. The highest BCUT2D eigenvalue weighted by Crippen LogP contribution is 2.11. The Morgan fingerprint density at radius 1 is 0.481 bits per heavy atom. The van der Waals surface area contributed by atoms with Crippen LogP contribution in [-0.4, -0.2) is 13.2 Å². The Labute approximate surface area is 167 Å². The van der Waals surface area contributed by atoms with Gasteiger partial charge in [-0.1, -0.05) is 75.2 Å². The molecular weight excluding hydrogens is 328 g/mol. The maximum Gasteiger partial charge on any atom is 0.0466 e. The largest absolute Gasteiger partial charge is 0.381 e. The molecule has 0 amide bonds. The average Bonchev–Trinajstić information content (AvgIpc) is 2.73. The summed E-state index contributed by atoms with van der Waals surface area (Å²) in [7, 11) is 0. The van der Waals surface area contributed by atoms with Crippen LogP contribution < -0.4 is 0 Å². The van der Waals surface area contributed by atoms with E-state index >= 15 is 0 Å². The van der Waals surface area contributed by atoms with Crippen LogP contribution >= 0.6 is 0 Å². The van der Waals surface area contributed by atoms with Gasteiger partial charge in [0.1, 0.15) is 0 Å². The second kappa shape index (κ2) is 13.6. The molecule has 0 bridgehead atoms. The third kappa shape index (κ3) is 9.24. The molecule has 2 rings (SSSR count). The summed E-state index contributed by atoms with van der Waals surface area (Å²) in [4.78, 5) is 0. The average molecular weight is 367 g/mol. The second-order valence-electron chi connectivity index (χ2n) is 7.57. The number of hydrogen-bond acceptors (Lipinski definition) is 1. The van der Waals surface area contributed by atoms with Crippen molar-refractivity contribution in [3.05, 3.63) is 70.8 Å². The molecule has 0 fully saturated rings. The summed E-state index contributed by atoms with van der Waals surface area (Å²) >= 11 is 0. The van der Waals surface area contributed by atoms with E-state index in [0.29, 0.717) is 0 Å². The van der Waals surface area contributed by atoms with Gasteiger partial charge in [-0.25, -0.2) is 0 Å². The maximum absolute atomic E-state index is 5.80. The van der Waals surface area contributed by atoms with Crippen LogP contribution in [0, 0.1) is 0 Å². The van der Waals surface area contributed by atoms with E-state index in [-0.39, 0.29) is 0 Å². The quantitative estimate of drug-likeness (QED) is 0.329. The van der Waals surface area contributed by atoms with Crippen LogP contribution in [0.15, 0.2) is 48.5 Å². The molecule has 1 heteroatoms. The first-order valence-electron chi connectivity index (χ1n) is 11.0. The van der Waals surface area contributed by atoms with E-state index in [0.717, 1.165) is 26.1 Å². The smallest absolute Gasteiger partial charge is 0.0466 e. The minimum atomic E-state index is 0.924. The third-order valence-electron chi connectivity index (χ3n) is 5.37. The number of benzene rings is 2. The molecular formula is C26H38O. The molecule has 0 spiro atoms. The van der Waals surface area contributed by atoms with E-state index in [1.165, 1.54) is 73.6 Å². The molecule has 2 aromatic carbocycles. The Morgan fingerprint density at radius 2 is 0.852 bits per heavy atom. The van der Waals surface area contributed by atoms with Crippen LogP contribution in [0.2, 0.25) is 0 Å². The Bertz CT molecular complexity index is 542. The van der Waals surface area contributed by atoms with Crippen molar-refractivity contribution >= 4 is 0 Å². The van der Waals surface area contributed by atoms with Crippen molar-refractivity contribution in [1.29, 1.82) is 0 Å². The number of rotatable bonds is 14. The number of aryl methyl sites for hydroxylation is 4. The monoisotopic (exact) mass is 366 g/mol. The second-order valence-corrected chi connectivity index (χ2v) is 7.57. The van der Waals surface area contributed by atoms with Crippen molar-refractivity contribution < 1.29 is 4.74 Å². The van der Waals surface area contributed by atoms with Crippen LogP contribution in [0.3, 0.4) is 0 Å². The van der Waals surface area contributed by atoms with E-state index < -0.39 is 0 Å². The van der Waals surface area contributed by atoms with E-state index in [9.17, 15) is 0 Å². The van der Waals surface area contributed by atoms with Gasteiger partial charge in [-0.15, -0.1) is 0 Å². The lowest BCUT2D eigenvalue weighted by Gasteiger charge is -2.06. The van der Waals surface area contributed by atoms with Gasteiger partial charge in [0.15, 0.2) is 0 Å². The molecule has 1 nitrogen and oxygen atoms in total. The van der Waals surface area contributed by atoms with Crippen LogP contribution in [0.1, 0.15) is 74.6 Å². The molecule has 0 aliphatic heterocycles. The van der Waals surface area contributed by atoms with Gasteiger partial charge in [-0.05, 0) is 73.6 Å². The molecule has 2 aromatic rings. The fourth-order valence-corrected chi connectivity index (χ4v) is 3.41. The van der Waals surface area contributed by atoms with Crippen molar-refractivity contribution in [2.45, 2.75) is 78.1 Å². The summed E-state index contributed by atoms with van der Waals surface area (Å²) in [5.41, 5.74) is 5.80. The van der Waals surface area contributed by atoms with Gasteiger partial charge in [-0.2, -0.15) is 0 Å². The normalized spacial score (nSPS) is 11.0. The maximum atomic E-state index is 5.80. The summed E-state index contributed by atoms with van der Waals surface area (Å²) in [5, 5.41) is 0. The van der Waals surface area contributed by atoms with Gasteiger partial charge >= 0.3 is 0 Å². The van der Waals surface area contributed by atoms with Gasteiger partial charge in [0, 0.05) is 13.2 Å². The first-order valence-corrected chi connectivity index (χ1v) is 11.0. The Balaban J connectivity index is 1.39. The van der Waals surface area contributed by atoms with Gasteiger partial charge < -0.3 is 4.74 Å². The fraction of sp³-hybridized carbons (Fsp3) is 0.538. The Kier molecular flexibility index (Phi) is 10.9. The van der Waals surface area contributed by atoms with Crippen molar-refractivity contribution in [1.82, 2.24) is 0 Å². The van der Waals surface area contributed by atoms with E-state index in [1.807, 2.05) is 0 Å². The molecule has 0 radical (unpaired) electrons. The zero-order chi connectivity index (χ0) is 19.2. The highest BCUT2D eigenvalue weighted by atomic mass is 16.5. The van der Waals surface area contributed by atoms with Gasteiger partial charge in [0.25, 0.3) is 0 Å². The molecule has 0 atom stereocenters. The lowest BCUT2D eigenvalue weighted by atomic mass is 10.0. The Morgan fingerprint density at radius 3 is 1.22 bits per heavy atom. The molecule has 0 saturated heterocycles. The molecule has 0 aliphatic rings. The van der Waals surface area contributed by atoms with E-state index in [4.69, 9.17) is 4.74 Å². The summed E-state index contributed by atoms with van der Waals surface area (Å²) in [5.74, 6) is 0. The predicted molar refractivity (Wildman–Crippen MR) is 118 cm³/mol. The summed E-state index contributed by atoms with van der Waals surface area (Å²) < 4.78 is 5.80. The molecule has 27 heavy (non-hydrogen) atoms. The Hall–Kier alpha value is -1.60. The standard InChI is InChI=1S/C26H38O/c1-3-23-13-17-25(18-14-23)11-7-5-9-21-27-22-10-6-8-12-26-19-15-24(4-2)16-20-26/h13-20H,3-12,21-22H2,1-2H3. The van der Waals surface area contributed by atoms with Gasteiger partial charge in [0.2, 0.25) is 0 Å². The highest BCUT2D eigenvalue weighted by Gasteiger charge is 1.97. The van der Waals surface area contributed by atoms with Crippen LogP contribution in [0.25, 0.3) is 0 Å². The van der Waals surface area contributed by atoms with Crippen LogP contribution in [0.4, 0.5) is 0 Å². The lowest BCUT2D eigenvalue weighted by Crippen LogP contribution is -1.98. The first-order chi connectivity index (χ1) is 13.3. The van der Waals surface area contributed by atoms with Crippen molar-refractivity contribution in [3.8, 4) is 0 Å². The SMILES string of the molecule is CCc1ccc(CCCCCOCCCCCc2ccc(CC)cc2)cc1. The summed E-state index contributed by atoms with van der Waals surface area (Å²) in [6.07, 6.45) is 12.1. The topological polar surface area (TPSA) is 9.23 Å². The van der Waals surface area contributed by atoms with Crippen LogP contribution in [-0.2, 0) is 30.4 Å². The molecule has 0 aromatic heterocycles. The van der Waals surface area contributed by atoms with Crippen molar-refractivity contribution in [2.24, 2.45) is 0 Å². The minimum absolute atomic E-state index is 0.924. The number of ether oxygens (including phenoxy) is 1. The van der Waals surface area contributed by atoms with Crippen molar-refractivity contribution in [3.63, 3.8) is 0 Å². The van der Waals surface area contributed by atoms with Crippen LogP contribution in [0.5, 0.6) is 0 Å². The van der Waals surface area contributed by atoms with Gasteiger partial charge in [-0.3, -0.25) is 0 Å². The molecule has 0 aliphatic carbocycles. The zero-order valence-corrected chi connectivity index (χ0v) is 17.5. The molecule has 0 heterocycles. The molecule has 148 valence electrons. The third-order valence-corrected chi connectivity index (χ3v) is 5.37.